The third-order valence-corrected chi connectivity index (χ3v) is 3.31. The fraction of sp³-hybridized carbons (Fsp3) is 0.556. The highest BCUT2D eigenvalue weighted by atomic mass is 127. The van der Waals surface area contributed by atoms with E-state index in [-0.39, 0.29) is 35.9 Å². The average Bonchev–Trinajstić information content (AvgIpc) is 2.53. The molecule has 0 saturated carbocycles. The summed E-state index contributed by atoms with van der Waals surface area (Å²) in [6, 6.07) is 8.20. The van der Waals surface area contributed by atoms with Crippen molar-refractivity contribution in [3.05, 3.63) is 29.8 Å². The second-order valence-corrected chi connectivity index (χ2v) is 5.88. The van der Waals surface area contributed by atoms with E-state index in [1.807, 2.05) is 57.0 Å². The summed E-state index contributed by atoms with van der Waals surface area (Å²) in [6.45, 7) is 7.83. The summed E-state index contributed by atoms with van der Waals surface area (Å²) in [5.41, 5.74) is 1.17. The fourth-order valence-electron chi connectivity index (χ4n) is 2.27. The minimum atomic E-state index is 0. The number of rotatable bonds is 8. The number of benzene rings is 1. The first-order chi connectivity index (χ1) is 11.5. The molecule has 142 valence electrons. The van der Waals surface area contributed by atoms with Crippen molar-refractivity contribution < 1.29 is 9.53 Å². The Hall–Kier alpha value is -1.51. The minimum Gasteiger partial charge on any atom is -0.494 e. The lowest BCUT2D eigenvalue weighted by Crippen LogP contribution is -2.40. The number of halogens is 1. The van der Waals surface area contributed by atoms with Gasteiger partial charge in [-0.3, -0.25) is 9.79 Å². The molecule has 6 nitrogen and oxygen atoms in total. The zero-order chi connectivity index (χ0) is 17.9. The minimum absolute atomic E-state index is 0. The molecule has 0 unspecified atom stereocenters. The third kappa shape index (κ3) is 9.52. The lowest BCUT2D eigenvalue weighted by atomic mass is 10.2. The van der Waals surface area contributed by atoms with E-state index in [1.54, 1.807) is 7.05 Å². The number of nitrogens with zero attached hydrogens (tertiary/aromatic N) is 2. The molecule has 7 heteroatoms. The lowest BCUT2D eigenvalue weighted by Gasteiger charge is -2.22. The van der Waals surface area contributed by atoms with Gasteiger partial charge in [0.05, 0.1) is 6.61 Å². The monoisotopic (exact) mass is 462 g/mol. The van der Waals surface area contributed by atoms with Gasteiger partial charge in [0.25, 0.3) is 0 Å². The van der Waals surface area contributed by atoms with Gasteiger partial charge in [-0.1, -0.05) is 12.1 Å². The highest BCUT2D eigenvalue weighted by Gasteiger charge is 2.08. The normalized spacial score (nSPS) is 10.9. The predicted molar refractivity (Wildman–Crippen MR) is 114 cm³/mol. The molecule has 0 radical (unpaired) electrons. The van der Waals surface area contributed by atoms with Crippen molar-refractivity contribution in [2.75, 3.05) is 27.2 Å². The molecule has 2 N–H and O–H groups in total. The van der Waals surface area contributed by atoms with Gasteiger partial charge >= 0.3 is 0 Å². The molecule has 0 heterocycles. The van der Waals surface area contributed by atoms with Crippen molar-refractivity contribution in [3.8, 4) is 5.75 Å². The van der Waals surface area contributed by atoms with Gasteiger partial charge in [0.1, 0.15) is 5.75 Å². The smallest absolute Gasteiger partial charge is 0.221 e. The zero-order valence-corrected chi connectivity index (χ0v) is 18.2. The number of carbonyl (C=O) groups is 1. The van der Waals surface area contributed by atoms with Crippen LogP contribution in [0.1, 0.15) is 32.8 Å². The average molecular weight is 462 g/mol. The van der Waals surface area contributed by atoms with Crippen LogP contribution in [0.2, 0.25) is 0 Å². The summed E-state index contributed by atoms with van der Waals surface area (Å²) in [7, 11) is 3.71. The largest absolute Gasteiger partial charge is 0.494 e. The van der Waals surface area contributed by atoms with Crippen LogP contribution >= 0.6 is 24.0 Å². The molecule has 0 spiro atoms. The van der Waals surface area contributed by atoms with Crippen molar-refractivity contribution in [2.45, 2.75) is 39.8 Å². The van der Waals surface area contributed by atoms with E-state index in [2.05, 4.69) is 15.6 Å². The Morgan fingerprint density at radius 2 is 1.92 bits per heavy atom. The summed E-state index contributed by atoms with van der Waals surface area (Å²) < 4.78 is 5.45. The first-order valence-electron chi connectivity index (χ1n) is 8.39. The molecule has 0 aliphatic rings. The van der Waals surface area contributed by atoms with Crippen LogP contribution in [0.25, 0.3) is 0 Å². The fourth-order valence-corrected chi connectivity index (χ4v) is 2.27. The van der Waals surface area contributed by atoms with Crippen molar-refractivity contribution in [2.24, 2.45) is 4.99 Å². The number of hydrogen-bond acceptors (Lipinski definition) is 3. The number of ether oxygens (including phenoxy) is 1. The summed E-state index contributed by atoms with van der Waals surface area (Å²) in [5, 5.41) is 6.09. The third-order valence-electron chi connectivity index (χ3n) is 3.31. The molecule has 0 atom stereocenters. The zero-order valence-electron chi connectivity index (χ0n) is 15.8. The van der Waals surface area contributed by atoms with Gasteiger partial charge in [-0.25, -0.2) is 0 Å². The van der Waals surface area contributed by atoms with Crippen LogP contribution in [-0.4, -0.2) is 50.1 Å². The van der Waals surface area contributed by atoms with Crippen molar-refractivity contribution in [3.63, 3.8) is 0 Å². The summed E-state index contributed by atoms with van der Waals surface area (Å²) in [4.78, 5) is 17.9. The second-order valence-electron chi connectivity index (χ2n) is 5.88. The Morgan fingerprint density at radius 3 is 2.44 bits per heavy atom. The SMILES string of the molecule is CCOc1ccc(CN(C)C(=NC)NCCC(=O)NC(C)C)cc1.I. The number of hydrogen-bond donors (Lipinski definition) is 2. The number of amides is 1. The Labute approximate surface area is 168 Å². The maximum absolute atomic E-state index is 11.7. The molecule has 1 amide bonds. The van der Waals surface area contributed by atoms with Crippen molar-refractivity contribution >= 4 is 35.8 Å². The van der Waals surface area contributed by atoms with E-state index >= 15 is 0 Å². The predicted octanol–water partition coefficient (Wildman–Crippen LogP) is 2.63. The van der Waals surface area contributed by atoms with E-state index in [4.69, 9.17) is 4.74 Å². The molecule has 0 bridgehead atoms. The maximum Gasteiger partial charge on any atom is 0.221 e. The van der Waals surface area contributed by atoms with Crippen LogP contribution in [-0.2, 0) is 11.3 Å². The molecule has 25 heavy (non-hydrogen) atoms. The Kier molecular flexibility index (Phi) is 12.0. The van der Waals surface area contributed by atoms with Gasteiger partial charge in [-0.15, -0.1) is 24.0 Å². The highest BCUT2D eigenvalue weighted by molar-refractivity contribution is 14.0. The van der Waals surface area contributed by atoms with Gasteiger partial charge in [-0.05, 0) is 38.5 Å². The van der Waals surface area contributed by atoms with Gasteiger partial charge in [0, 0.05) is 39.6 Å². The van der Waals surface area contributed by atoms with E-state index in [1.165, 1.54) is 5.56 Å². The Bertz CT molecular complexity index is 532. The number of aliphatic imine (C=N–C) groups is 1. The van der Waals surface area contributed by atoms with Crippen molar-refractivity contribution in [1.82, 2.24) is 15.5 Å². The number of carbonyl (C=O) groups excluding carboxylic acids is 1. The number of nitrogens with one attached hydrogen (secondary N) is 2. The van der Waals surface area contributed by atoms with Crippen molar-refractivity contribution in [1.29, 1.82) is 0 Å². The van der Waals surface area contributed by atoms with Crippen LogP contribution in [0.5, 0.6) is 5.75 Å². The summed E-state index contributed by atoms with van der Waals surface area (Å²) in [6.07, 6.45) is 0.425. The molecule has 0 aliphatic carbocycles. The molecule has 0 fully saturated rings. The van der Waals surface area contributed by atoms with Gasteiger partial charge in [0.2, 0.25) is 5.91 Å². The molecular weight excluding hydrogens is 431 g/mol. The van der Waals surface area contributed by atoms with Crippen LogP contribution in [0.15, 0.2) is 29.3 Å². The Balaban J connectivity index is 0.00000576. The quantitative estimate of drug-likeness (QED) is 0.354. The van der Waals surface area contributed by atoms with Crippen LogP contribution < -0.4 is 15.4 Å². The topological polar surface area (TPSA) is 66.0 Å². The molecule has 1 aromatic carbocycles. The maximum atomic E-state index is 11.7. The van der Waals surface area contributed by atoms with Gasteiger partial charge < -0.3 is 20.3 Å². The Morgan fingerprint density at radius 1 is 1.28 bits per heavy atom. The van der Waals surface area contributed by atoms with E-state index in [9.17, 15) is 4.79 Å². The summed E-state index contributed by atoms with van der Waals surface area (Å²) >= 11 is 0. The molecule has 1 aromatic rings. The first kappa shape index (κ1) is 23.5. The highest BCUT2D eigenvalue weighted by Crippen LogP contribution is 2.13. The second kappa shape index (κ2) is 12.8. The number of guanidine groups is 1. The van der Waals surface area contributed by atoms with Crippen LogP contribution in [0.3, 0.4) is 0 Å². The van der Waals surface area contributed by atoms with Crippen LogP contribution in [0.4, 0.5) is 0 Å². The van der Waals surface area contributed by atoms with Gasteiger partial charge in [0.15, 0.2) is 5.96 Å². The van der Waals surface area contributed by atoms with Crippen LogP contribution in [0, 0.1) is 0 Å². The molecule has 0 aliphatic heterocycles. The van der Waals surface area contributed by atoms with Gasteiger partial charge in [-0.2, -0.15) is 0 Å². The molecule has 0 saturated heterocycles. The standard InChI is InChI=1S/C18H30N4O2.HI/c1-6-24-16-9-7-15(8-10-16)13-22(5)18(19-4)20-12-11-17(23)21-14(2)3;/h7-10,14H,6,11-13H2,1-5H3,(H,19,20)(H,21,23);1H. The molecule has 0 aromatic heterocycles. The van der Waals surface area contributed by atoms with E-state index < -0.39 is 0 Å². The first-order valence-corrected chi connectivity index (χ1v) is 8.39. The van der Waals surface area contributed by atoms with E-state index in [0.717, 1.165) is 18.3 Å². The lowest BCUT2D eigenvalue weighted by molar-refractivity contribution is -0.121. The molecule has 1 rings (SSSR count). The molecular formula is C18H31IN4O2. The summed E-state index contributed by atoms with van der Waals surface area (Å²) in [5.74, 6) is 1.69. The van der Waals surface area contributed by atoms with E-state index in [0.29, 0.717) is 19.6 Å².